The Hall–Kier alpha value is -2.31. The predicted octanol–water partition coefficient (Wildman–Crippen LogP) is -0.606. The normalized spacial score (nSPS) is 10.3. The number of carbonyl (C=O) groups excluding carboxylic acids is 1. The van der Waals surface area contributed by atoms with Gasteiger partial charge in [-0.1, -0.05) is 6.07 Å². The standard InChI is InChI=1S/C9H10N6O/c1-6-3-2-4-11-9(6)15-13-8(12-14-15)5-7(10)16/h2-4H,5H2,1H3,(H2,10,16). The molecule has 0 aliphatic carbocycles. The Labute approximate surface area is 91.3 Å². The van der Waals surface area contributed by atoms with Crippen molar-refractivity contribution in [3.05, 3.63) is 29.7 Å². The Morgan fingerprint density at radius 1 is 1.56 bits per heavy atom. The maximum atomic E-state index is 10.7. The molecule has 7 heteroatoms. The number of hydrogen-bond donors (Lipinski definition) is 1. The molecule has 0 radical (unpaired) electrons. The zero-order valence-electron chi connectivity index (χ0n) is 8.66. The molecule has 0 atom stereocenters. The van der Waals surface area contributed by atoms with Gasteiger partial charge in [0.25, 0.3) is 0 Å². The van der Waals surface area contributed by atoms with E-state index in [1.807, 2.05) is 19.1 Å². The van der Waals surface area contributed by atoms with Crippen LogP contribution in [0.5, 0.6) is 0 Å². The van der Waals surface area contributed by atoms with Crippen molar-refractivity contribution in [2.75, 3.05) is 0 Å². The Balaban J connectivity index is 2.32. The molecule has 0 saturated carbocycles. The summed E-state index contributed by atoms with van der Waals surface area (Å²) in [4.78, 5) is 16.1. The molecular formula is C9H10N6O. The summed E-state index contributed by atoms with van der Waals surface area (Å²) in [5.74, 6) is 0.389. The molecule has 0 aliphatic heterocycles. The lowest BCUT2D eigenvalue weighted by molar-refractivity contribution is -0.117. The quantitative estimate of drug-likeness (QED) is 0.741. The summed E-state index contributed by atoms with van der Waals surface area (Å²) in [5, 5.41) is 11.5. The van der Waals surface area contributed by atoms with Crippen LogP contribution in [-0.2, 0) is 11.2 Å². The number of tetrazole rings is 1. The SMILES string of the molecule is Cc1cccnc1-n1nnc(CC(N)=O)n1. The predicted molar refractivity (Wildman–Crippen MR) is 54.6 cm³/mol. The first kappa shape index (κ1) is 10.2. The van der Waals surface area contributed by atoms with E-state index in [1.54, 1.807) is 6.20 Å². The molecule has 2 rings (SSSR count). The van der Waals surface area contributed by atoms with Crippen molar-refractivity contribution in [1.29, 1.82) is 0 Å². The lowest BCUT2D eigenvalue weighted by Gasteiger charge is -1.99. The average molecular weight is 218 g/mol. The molecule has 0 unspecified atom stereocenters. The summed E-state index contributed by atoms with van der Waals surface area (Å²) >= 11 is 0. The van der Waals surface area contributed by atoms with Gasteiger partial charge in [-0.25, -0.2) is 4.98 Å². The fourth-order valence-corrected chi connectivity index (χ4v) is 1.25. The Kier molecular flexibility index (Phi) is 2.59. The molecule has 82 valence electrons. The molecule has 2 heterocycles. The maximum absolute atomic E-state index is 10.7. The smallest absolute Gasteiger partial charge is 0.225 e. The van der Waals surface area contributed by atoms with Crippen molar-refractivity contribution in [3.8, 4) is 5.82 Å². The van der Waals surface area contributed by atoms with Crippen LogP contribution in [0.15, 0.2) is 18.3 Å². The molecule has 2 aromatic rings. The van der Waals surface area contributed by atoms with E-state index in [1.165, 1.54) is 4.80 Å². The van der Waals surface area contributed by atoms with Gasteiger partial charge in [0.1, 0.15) is 0 Å². The second kappa shape index (κ2) is 4.05. The molecule has 1 amide bonds. The Morgan fingerprint density at radius 2 is 2.38 bits per heavy atom. The van der Waals surface area contributed by atoms with Crippen LogP contribution in [0, 0.1) is 6.92 Å². The minimum atomic E-state index is -0.489. The highest BCUT2D eigenvalue weighted by atomic mass is 16.1. The number of rotatable bonds is 3. The van der Waals surface area contributed by atoms with Gasteiger partial charge in [0.05, 0.1) is 6.42 Å². The molecule has 16 heavy (non-hydrogen) atoms. The first-order chi connectivity index (χ1) is 7.66. The summed E-state index contributed by atoms with van der Waals surface area (Å²) in [6.07, 6.45) is 1.62. The fraction of sp³-hybridized carbons (Fsp3) is 0.222. The van der Waals surface area contributed by atoms with E-state index >= 15 is 0 Å². The van der Waals surface area contributed by atoms with Crippen molar-refractivity contribution in [1.82, 2.24) is 25.2 Å². The summed E-state index contributed by atoms with van der Waals surface area (Å²) in [6, 6.07) is 3.71. The van der Waals surface area contributed by atoms with Crippen molar-refractivity contribution >= 4 is 5.91 Å². The van der Waals surface area contributed by atoms with Crippen LogP contribution in [0.4, 0.5) is 0 Å². The van der Waals surface area contributed by atoms with Crippen molar-refractivity contribution in [2.24, 2.45) is 5.73 Å². The van der Waals surface area contributed by atoms with E-state index in [-0.39, 0.29) is 12.2 Å². The van der Waals surface area contributed by atoms with E-state index < -0.39 is 5.91 Å². The summed E-state index contributed by atoms with van der Waals surface area (Å²) < 4.78 is 0. The van der Waals surface area contributed by atoms with Gasteiger partial charge in [0.2, 0.25) is 5.91 Å². The van der Waals surface area contributed by atoms with Gasteiger partial charge in [-0.05, 0) is 23.8 Å². The lowest BCUT2D eigenvalue weighted by atomic mass is 10.3. The number of pyridine rings is 1. The van der Waals surface area contributed by atoms with E-state index in [4.69, 9.17) is 5.73 Å². The van der Waals surface area contributed by atoms with Gasteiger partial charge >= 0.3 is 0 Å². The monoisotopic (exact) mass is 218 g/mol. The highest BCUT2D eigenvalue weighted by Gasteiger charge is 2.09. The van der Waals surface area contributed by atoms with Crippen LogP contribution < -0.4 is 5.73 Å². The molecule has 7 nitrogen and oxygen atoms in total. The molecule has 2 aromatic heterocycles. The minimum Gasteiger partial charge on any atom is -0.369 e. The molecule has 0 bridgehead atoms. The first-order valence-corrected chi connectivity index (χ1v) is 4.66. The third-order valence-electron chi connectivity index (χ3n) is 1.96. The van der Waals surface area contributed by atoms with Gasteiger partial charge in [-0.3, -0.25) is 4.79 Å². The lowest BCUT2D eigenvalue weighted by Crippen LogP contribution is -2.15. The summed E-state index contributed by atoms with van der Waals surface area (Å²) in [5.41, 5.74) is 5.95. The fourth-order valence-electron chi connectivity index (χ4n) is 1.25. The number of aromatic nitrogens is 5. The van der Waals surface area contributed by atoms with Crippen LogP contribution in [0.25, 0.3) is 5.82 Å². The third-order valence-corrected chi connectivity index (χ3v) is 1.96. The zero-order chi connectivity index (χ0) is 11.5. The van der Waals surface area contributed by atoms with Crippen molar-refractivity contribution < 1.29 is 4.79 Å². The number of nitrogens with zero attached hydrogens (tertiary/aromatic N) is 5. The van der Waals surface area contributed by atoms with Gasteiger partial charge in [0, 0.05) is 6.20 Å². The highest BCUT2D eigenvalue weighted by molar-refractivity contribution is 5.75. The van der Waals surface area contributed by atoms with E-state index in [0.717, 1.165) is 5.56 Å². The summed E-state index contributed by atoms with van der Waals surface area (Å²) in [7, 11) is 0. The topological polar surface area (TPSA) is 99.6 Å². The van der Waals surface area contributed by atoms with E-state index in [2.05, 4.69) is 20.4 Å². The van der Waals surface area contributed by atoms with E-state index in [9.17, 15) is 4.79 Å². The van der Waals surface area contributed by atoms with Crippen molar-refractivity contribution in [2.45, 2.75) is 13.3 Å². The van der Waals surface area contributed by atoms with Crippen LogP contribution in [0.3, 0.4) is 0 Å². The third kappa shape index (κ3) is 2.02. The second-order valence-electron chi connectivity index (χ2n) is 3.28. The first-order valence-electron chi connectivity index (χ1n) is 4.66. The van der Waals surface area contributed by atoms with E-state index in [0.29, 0.717) is 5.82 Å². The van der Waals surface area contributed by atoms with Crippen LogP contribution in [-0.4, -0.2) is 31.1 Å². The van der Waals surface area contributed by atoms with Crippen LogP contribution in [0.2, 0.25) is 0 Å². The number of aryl methyl sites for hydroxylation is 1. The number of carbonyl (C=O) groups is 1. The number of amides is 1. The van der Waals surface area contributed by atoms with Gasteiger partial charge in [-0.2, -0.15) is 0 Å². The highest BCUT2D eigenvalue weighted by Crippen LogP contribution is 2.06. The van der Waals surface area contributed by atoms with Crippen LogP contribution in [0.1, 0.15) is 11.4 Å². The molecular weight excluding hydrogens is 208 g/mol. The number of nitrogens with two attached hydrogens (primary N) is 1. The molecule has 0 aliphatic rings. The van der Waals surface area contributed by atoms with Crippen molar-refractivity contribution in [3.63, 3.8) is 0 Å². The van der Waals surface area contributed by atoms with Gasteiger partial charge < -0.3 is 5.73 Å². The Morgan fingerprint density at radius 3 is 3.06 bits per heavy atom. The Bertz CT molecular complexity index is 520. The average Bonchev–Trinajstić information content (AvgIpc) is 2.66. The molecule has 0 aromatic carbocycles. The van der Waals surface area contributed by atoms with Gasteiger partial charge in [-0.15, -0.1) is 15.0 Å². The second-order valence-corrected chi connectivity index (χ2v) is 3.28. The molecule has 0 saturated heterocycles. The number of hydrogen-bond acceptors (Lipinski definition) is 5. The number of primary amides is 1. The molecule has 0 spiro atoms. The largest absolute Gasteiger partial charge is 0.369 e. The maximum Gasteiger partial charge on any atom is 0.225 e. The summed E-state index contributed by atoms with van der Waals surface area (Å²) in [6.45, 7) is 1.89. The minimum absolute atomic E-state index is 0.0219. The van der Waals surface area contributed by atoms with Crippen LogP contribution >= 0.6 is 0 Å². The molecule has 0 fully saturated rings. The zero-order valence-corrected chi connectivity index (χ0v) is 8.66. The molecule has 2 N–H and O–H groups in total. The van der Waals surface area contributed by atoms with Gasteiger partial charge in [0.15, 0.2) is 11.6 Å².